The number of hydrogen-bond acceptors (Lipinski definition) is 4. The lowest BCUT2D eigenvalue weighted by Gasteiger charge is -2.15. The fourth-order valence-corrected chi connectivity index (χ4v) is 3.34. The van der Waals surface area contributed by atoms with Crippen LogP contribution >= 0.6 is 0 Å². The first-order valence-electron chi connectivity index (χ1n) is 6.62. The minimum absolute atomic E-state index is 0.205. The lowest BCUT2D eigenvalue weighted by molar-refractivity contribution is 0.188. The molecule has 1 unspecified atom stereocenters. The number of rotatable bonds is 6. The van der Waals surface area contributed by atoms with Crippen LogP contribution in [0, 0.1) is 18.8 Å². The monoisotopic (exact) mass is 311 g/mol. The largest absolute Gasteiger partial charge is 0.385 e. The number of aliphatic hydroxyl groups excluding tert-OH is 1. The standard InChI is InChI=1S/C15H21NO4S/c1-12-6-7-14(5-4-9-17)11-15(12)21(18,19)16-13(2)8-10-20-3/h6-7,11,13,16-17H,8-10H2,1-3H3. The summed E-state index contributed by atoms with van der Waals surface area (Å²) in [6, 6.07) is 4.73. The SMILES string of the molecule is COCCC(C)NS(=O)(=O)c1cc(C#CCO)ccc1C. The van der Waals surface area contributed by atoms with Crippen LogP contribution in [0.4, 0.5) is 0 Å². The van der Waals surface area contributed by atoms with E-state index in [2.05, 4.69) is 16.6 Å². The van der Waals surface area contributed by atoms with Crippen molar-refractivity contribution >= 4 is 10.0 Å². The van der Waals surface area contributed by atoms with Crippen LogP contribution in [-0.4, -0.2) is 39.9 Å². The Balaban J connectivity index is 3.01. The van der Waals surface area contributed by atoms with Gasteiger partial charge < -0.3 is 9.84 Å². The van der Waals surface area contributed by atoms with E-state index in [9.17, 15) is 8.42 Å². The molecule has 0 aliphatic carbocycles. The lowest BCUT2D eigenvalue weighted by Crippen LogP contribution is -2.33. The van der Waals surface area contributed by atoms with Gasteiger partial charge in [0.2, 0.25) is 10.0 Å². The van der Waals surface area contributed by atoms with Gasteiger partial charge in [-0.2, -0.15) is 0 Å². The molecular weight excluding hydrogens is 290 g/mol. The van der Waals surface area contributed by atoms with Crippen LogP contribution in [0.15, 0.2) is 23.1 Å². The number of benzene rings is 1. The summed E-state index contributed by atoms with van der Waals surface area (Å²) in [4.78, 5) is 0.205. The molecular formula is C15H21NO4S. The number of aliphatic hydroxyl groups is 1. The van der Waals surface area contributed by atoms with E-state index in [1.807, 2.05) is 0 Å². The third-order valence-electron chi connectivity index (χ3n) is 2.90. The molecule has 0 radical (unpaired) electrons. The second-order valence-corrected chi connectivity index (χ2v) is 6.43. The summed E-state index contributed by atoms with van der Waals surface area (Å²) in [6.07, 6.45) is 0.596. The quantitative estimate of drug-likeness (QED) is 0.770. The topological polar surface area (TPSA) is 75.6 Å². The van der Waals surface area contributed by atoms with Gasteiger partial charge in [-0.15, -0.1) is 0 Å². The second kappa shape index (κ2) is 8.15. The van der Waals surface area contributed by atoms with Gasteiger partial charge in [-0.25, -0.2) is 13.1 Å². The van der Waals surface area contributed by atoms with Crippen molar-refractivity contribution in [3.05, 3.63) is 29.3 Å². The maximum atomic E-state index is 12.4. The van der Waals surface area contributed by atoms with Crippen molar-refractivity contribution in [1.82, 2.24) is 4.72 Å². The van der Waals surface area contributed by atoms with E-state index in [1.165, 1.54) is 6.07 Å². The molecule has 0 aliphatic rings. The highest BCUT2D eigenvalue weighted by Crippen LogP contribution is 2.17. The number of methoxy groups -OCH3 is 1. The molecule has 5 nitrogen and oxygen atoms in total. The van der Waals surface area contributed by atoms with Crippen LogP contribution in [0.3, 0.4) is 0 Å². The normalized spacial score (nSPS) is 12.6. The van der Waals surface area contributed by atoms with Gasteiger partial charge in [-0.1, -0.05) is 17.9 Å². The van der Waals surface area contributed by atoms with Crippen molar-refractivity contribution in [1.29, 1.82) is 0 Å². The molecule has 0 spiro atoms. The molecule has 0 bridgehead atoms. The molecule has 0 heterocycles. The molecule has 0 saturated heterocycles. The first-order valence-corrected chi connectivity index (χ1v) is 8.10. The zero-order valence-corrected chi connectivity index (χ0v) is 13.3. The van der Waals surface area contributed by atoms with E-state index >= 15 is 0 Å². The zero-order valence-electron chi connectivity index (χ0n) is 12.5. The van der Waals surface area contributed by atoms with E-state index in [4.69, 9.17) is 9.84 Å². The molecule has 0 amide bonds. The first-order chi connectivity index (χ1) is 9.90. The zero-order chi connectivity index (χ0) is 15.9. The summed E-state index contributed by atoms with van der Waals surface area (Å²) in [5.74, 6) is 5.21. The van der Waals surface area contributed by atoms with Crippen LogP contribution < -0.4 is 4.72 Å². The van der Waals surface area contributed by atoms with Crippen LogP contribution in [0.25, 0.3) is 0 Å². The van der Waals surface area contributed by atoms with Crippen LogP contribution in [0.5, 0.6) is 0 Å². The van der Waals surface area contributed by atoms with Crippen LogP contribution in [-0.2, 0) is 14.8 Å². The number of ether oxygens (including phenoxy) is 1. The van der Waals surface area contributed by atoms with Gasteiger partial charge in [0.1, 0.15) is 6.61 Å². The molecule has 1 aromatic carbocycles. The van der Waals surface area contributed by atoms with Gasteiger partial charge in [0.25, 0.3) is 0 Å². The maximum Gasteiger partial charge on any atom is 0.241 e. The summed E-state index contributed by atoms with van der Waals surface area (Å²) in [5.41, 5.74) is 1.20. The maximum absolute atomic E-state index is 12.4. The summed E-state index contributed by atoms with van der Waals surface area (Å²) < 4.78 is 32.4. The first kappa shape index (κ1) is 17.7. The summed E-state index contributed by atoms with van der Waals surface area (Å²) in [5, 5.41) is 8.70. The molecule has 6 heteroatoms. The Bertz CT molecular complexity index is 629. The highest BCUT2D eigenvalue weighted by molar-refractivity contribution is 7.89. The highest BCUT2D eigenvalue weighted by atomic mass is 32.2. The smallest absolute Gasteiger partial charge is 0.241 e. The number of hydrogen-bond donors (Lipinski definition) is 2. The summed E-state index contributed by atoms with van der Waals surface area (Å²) in [6.45, 7) is 3.76. The summed E-state index contributed by atoms with van der Waals surface area (Å²) in [7, 11) is -2.03. The van der Waals surface area contributed by atoms with E-state index in [-0.39, 0.29) is 17.5 Å². The molecule has 1 atom stereocenters. The molecule has 0 aliphatic heterocycles. The molecule has 0 saturated carbocycles. The predicted molar refractivity (Wildman–Crippen MR) is 81.4 cm³/mol. The Labute approximate surface area is 126 Å². The molecule has 2 N–H and O–H groups in total. The number of sulfonamides is 1. The van der Waals surface area contributed by atoms with E-state index < -0.39 is 10.0 Å². The van der Waals surface area contributed by atoms with E-state index in [1.54, 1.807) is 33.1 Å². The molecule has 1 rings (SSSR count). The minimum atomic E-state index is -3.60. The van der Waals surface area contributed by atoms with Crippen molar-refractivity contribution < 1.29 is 18.3 Å². The van der Waals surface area contributed by atoms with E-state index in [0.717, 1.165) is 0 Å². The summed E-state index contributed by atoms with van der Waals surface area (Å²) >= 11 is 0. The average molecular weight is 311 g/mol. The molecule has 21 heavy (non-hydrogen) atoms. The van der Waals surface area contributed by atoms with Crippen molar-refractivity contribution in [2.45, 2.75) is 31.2 Å². The predicted octanol–water partition coefficient (Wildman–Crippen LogP) is 1.04. The fourth-order valence-electron chi connectivity index (χ4n) is 1.79. The third kappa shape index (κ3) is 5.48. The number of nitrogens with one attached hydrogen (secondary N) is 1. The lowest BCUT2D eigenvalue weighted by atomic mass is 10.1. The molecule has 116 valence electrons. The highest BCUT2D eigenvalue weighted by Gasteiger charge is 2.19. The molecule has 0 fully saturated rings. The third-order valence-corrected chi connectivity index (χ3v) is 4.63. The van der Waals surface area contributed by atoms with Gasteiger partial charge in [0.05, 0.1) is 4.90 Å². The Morgan fingerprint density at radius 2 is 2.14 bits per heavy atom. The van der Waals surface area contributed by atoms with Gasteiger partial charge in [-0.05, 0) is 38.0 Å². The van der Waals surface area contributed by atoms with E-state index in [0.29, 0.717) is 24.2 Å². The van der Waals surface area contributed by atoms with Crippen molar-refractivity contribution in [3.8, 4) is 11.8 Å². The van der Waals surface area contributed by atoms with Gasteiger partial charge in [0, 0.05) is 25.3 Å². The Morgan fingerprint density at radius 3 is 2.76 bits per heavy atom. The Morgan fingerprint density at radius 1 is 1.43 bits per heavy atom. The number of aryl methyl sites for hydroxylation is 1. The molecule has 0 aromatic heterocycles. The van der Waals surface area contributed by atoms with Crippen molar-refractivity contribution in [2.75, 3.05) is 20.3 Å². The van der Waals surface area contributed by atoms with Crippen LogP contribution in [0.1, 0.15) is 24.5 Å². The van der Waals surface area contributed by atoms with Crippen LogP contribution in [0.2, 0.25) is 0 Å². The average Bonchev–Trinajstić information content (AvgIpc) is 2.43. The van der Waals surface area contributed by atoms with Gasteiger partial charge in [0.15, 0.2) is 0 Å². The Kier molecular flexibility index (Phi) is 6.85. The second-order valence-electron chi connectivity index (χ2n) is 4.74. The van der Waals surface area contributed by atoms with Gasteiger partial charge >= 0.3 is 0 Å². The minimum Gasteiger partial charge on any atom is -0.385 e. The van der Waals surface area contributed by atoms with Gasteiger partial charge in [-0.3, -0.25) is 0 Å². The molecule has 1 aromatic rings. The van der Waals surface area contributed by atoms with Crippen molar-refractivity contribution in [3.63, 3.8) is 0 Å². The Hall–Kier alpha value is -1.39. The van der Waals surface area contributed by atoms with Crippen molar-refractivity contribution in [2.24, 2.45) is 0 Å². The fraction of sp³-hybridized carbons (Fsp3) is 0.467.